The molecule has 2 N–H and O–H groups in total. The van der Waals surface area contributed by atoms with E-state index in [1.165, 1.54) is 0 Å². The van der Waals surface area contributed by atoms with Crippen LogP contribution in [0.15, 0.2) is 30.1 Å². The van der Waals surface area contributed by atoms with Crippen molar-refractivity contribution in [2.24, 2.45) is 0 Å². The van der Waals surface area contributed by atoms with Gasteiger partial charge in [0.25, 0.3) is 0 Å². The number of nitrogens with one attached hydrogen (secondary N) is 2. The Hall–Kier alpha value is -4.09. The fourth-order valence-corrected chi connectivity index (χ4v) is 3.61. The fraction of sp³-hybridized carbons (Fsp3) is 0.286. The molecule has 4 rings (SSSR count). The maximum atomic E-state index is 9.97. The number of benzene rings is 1. The minimum Gasteiger partial charge on any atom is -0.355 e. The Morgan fingerprint density at radius 3 is 2.00 bits per heavy atom. The van der Waals surface area contributed by atoms with Gasteiger partial charge in [0.1, 0.15) is 35.3 Å². The summed E-state index contributed by atoms with van der Waals surface area (Å²) in [6.45, 7) is 1.54. The van der Waals surface area contributed by atoms with Gasteiger partial charge >= 0.3 is 0 Å². The summed E-state index contributed by atoms with van der Waals surface area (Å²) in [5.74, 6) is 0.971. The molecule has 2 aliphatic heterocycles. The number of allylic oxidation sites excluding steroid dienone is 1. The van der Waals surface area contributed by atoms with Crippen molar-refractivity contribution in [2.45, 2.75) is 25.7 Å². The third kappa shape index (κ3) is 3.42. The molecule has 0 aliphatic carbocycles. The monoisotopic (exact) mass is 382 g/mol. The van der Waals surface area contributed by atoms with E-state index in [0.29, 0.717) is 17.3 Å². The molecule has 2 aliphatic rings. The molecular weight excluding hydrogens is 364 g/mol. The lowest BCUT2D eigenvalue weighted by Crippen LogP contribution is -2.27. The van der Waals surface area contributed by atoms with E-state index in [1.54, 1.807) is 0 Å². The van der Waals surface area contributed by atoms with Crippen molar-refractivity contribution in [3.63, 3.8) is 0 Å². The normalized spacial score (nSPS) is 15.1. The highest BCUT2D eigenvalue weighted by Gasteiger charge is 2.26. The van der Waals surface area contributed by atoms with Crippen LogP contribution in [-0.2, 0) is 0 Å². The molecule has 8 heteroatoms. The number of nitrogens with zero attached hydrogens (tertiary/aromatic N) is 6. The highest BCUT2D eigenvalue weighted by Crippen LogP contribution is 2.35. The molecule has 8 nitrogen and oxygen atoms in total. The van der Waals surface area contributed by atoms with Crippen molar-refractivity contribution >= 4 is 22.8 Å². The van der Waals surface area contributed by atoms with Crippen LogP contribution in [0.1, 0.15) is 42.8 Å². The van der Waals surface area contributed by atoms with E-state index in [-0.39, 0.29) is 17.0 Å². The summed E-state index contributed by atoms with van der Waals surface area (Å²) in [5, 5.41) is 35.2. The maximum Gasteiger partial charge on any atom is 0.179 e. The molecule has 1 aromatic heterocycles. The SMILES string of the molecule is N#CC(=C1Nc2ccccc2N1)c1nc(C#N)c(C#N)nc1N1CCCCCC1. The molecule has 0 atom stereocenters. The summed E-state index contributed by atoms with van der Waals surface area (Å²) >= 11 is 0. The van der Waals surface area contributed by atoms with Gasteiger partial charge in [0.2, 0.25) is 0 Å². The number of nitriles is 3. The molecule has 1 aromatic carbocycles. The zero-order chi connectivity index (χ0) is 20.2. The fourth-order valence-electron chi connectivity index (χ4n) is 3.61. The predicted molar refractivity (Wildman–Crippen MR) is 108 cm³/mol. The highest BCUT2D eigenvalue weighted by atomic mass is 15.2. The first kappa shape index (κ1) is 18.3. The minimum absolute atomic E-state index is 0.0200. The average molecular weight is 382 g/mol. The van der Waals surface area contributed by atoms with E-state index in [2.05, 4.69) is 31.6 Å². The van der Waals surface area contributed by atoms with Crippen molar-refractivity contribution in [1.82, 2.24) is 9.97 Å². The number of hydrogen-bond acceptors (Lipinski definition) is 8. The summed E-state index contributed by atoms with van der Waals surface area (Å²) < 4.78 is 0. The van der Waals surface area contributed by atoms with Crippen molar-refractivity contribution in [3.05, 3.63) is 47.2 Å². The largest absolute Gasteiger partial charge is 0.355 e. The standard InChI is InChI=1S/C21H18N8/c22-11-14(20-26-15-7-3-4-8-16(15)27-20)19-21(29-9-5-1-2-6-10-29)28-18(13-24)17(12-23)25-19/h3-4,7-8,26-27H,1-2,5-6,9-10H2. The van der Waals surface area contributed by atoms with Gasteiger partial charge in [-0.3, -0.25) is 0 Å². The molecule has 0 radical (unpaired) electrons. The molecule has 0 spiro atoms. The van der Waals surface area contributed by atoms with Crippen LogP contribution in [0.3, 0.4) is 0 Å². The zero-order valence-electron chi connectivity index (χ0n) is 15.7. The Morgan fingerprint density at radius 1 is 0.862 bits per heavy atom. The molecule has 3 heterocycles. The smallest absolute Gasteiger partial charge is 0.179 e. The van der Waals surface area contributed by atoms with E-state index in [9.17, 15) is 15.8 Å². The Kier molecular flexibility index (Phi) is 4.97. The van der Waals surface area contributed by atoms with Gasteiger partial charge < -0.3 is 15.5 Å². The molecule has 1 fully saturated rings. The molecule has 1 saturated heterocycles. The minimum atomic E-state index is -0.0788. The molecular formula is C21H18N8. The molecule has 0 unspecified atom stereocenters. The van der Waals surface area contributed by atoms with Gasteiger partial charge in [-0.2, -0.15) is 15.8 Å². The van der Waals surface area contributed by atoms with Gasteiger partial charge in [0, 0.05) is 13.1 Å². The lowest BCUT2D eigenvalue weighted by atomic mass is 10.1. The Balaban J connectivity index is 1.87. The van der Waals surface area contributed by atoms with Gasteiger partial charge in [-0.25, -0.2) is 9.97 Å². The van der Waals surface area contributed by atoms with Gasteiger partial charge in [0.05, 0.1) is 11.4 Å². The quantitative estimate of drug-likeness (QED) is 0.758. The first-order valence-corrected chi connectivity index (χ1v) is 9.50. The van der Waals surface area contributed by atoms with Crippen molar-refractivity contribution in [3.8, 4) is 18.2 Å². The van der Waals surface area contributed by atoms with Crippen molar-refractivity contribution in [2.75, 3.05) is 28.6 Å². The summed E-state index contributed by atoms with van der Waals surface area (Å²) in [5.41, 5.74) is 2.18. The molecule has 142 valence electrons. The van der Waals surface area contributed by atoms with Crippen molar-refractivity contribution in [1.29, 1.82) is 15.8 Å². The number of rotatable bonds is 2. The van der Waals surface area contributed by atoms with Crippen LogP contribution in [-0.4, -0.2) is 23.1 Å². The number of fused-ring (bicyclic) bond motifs is 1. The zero-order valence-corrected chi connectivity index (χ0v) is 15.7. The molecule has 0 amide bonds. The Morgan fingerprint density at radius 2 is 1.45 bits per heavy atom. The second kappa shape index (κ2) is 7.88. The third-order valence-electron chi connectivity index (χ3n) is 5.04. The third-order valence-corrected chi connectivity index (χ3v) is 5.04. The van der Waals surface area contributed by atoms with Crippen molar-refractivity contribution < 1.29 is 0 Å². The van der Waals surface area contributed by atoms with Gasteiger partial charge in [-0.15, -0.1) is 0 Å². The summed E-state index contributed by atoms with van der Waals surface area (Å²) in [6, 6.07) is 13.7. The van der Waals surface area contributed by atoms with Gasteiger partial charge in [-0.1, -0.05) is 25.0 Å². The number of para-hydroxylation sites is 2. The summed E-state index contributed by atoms with van der Waals surface area (Å²) in [4.78, 5) is 10.9. The second-order valence-corrected chi connectivity index (χ2v) is 6.88. The highest BCUT2D eigenvalue weighted by molar-refractivity contribution is 5.92. The lowest BCUT2D eigenvalue weighted by Gasteiger charge is -2.24. The van der Waals surface area contributed by atoms with E-state index in [1.807, 2.05) is 36.4 Å². The Bertz CT molecular complexity index is 1080. The summed E-state index contributed by atoms with van der Waals surface area (Å²) in [6.07, 6.45) is 4.27. The first-order chi connectivity index (χ1) is 14.2. The molecule has 2 aromatic rings. The van der Waals surface area contributed by atoms with Crippen LogP contribution in [0, 0.1) is 34.0 Å². The van der Waals surface area contributed by atoms with Crippen LogP contribution >= 0.6 is 0 Å². The summed E-state index contributed by atoms with van der Waals surface area (Å²) in [7, 11) is 0. The second-order valence-electron chi connectivity index (χ2n) is 6.88. The lowest BCUT2D eigenvalue weighted by molar-refractivity contribution is 0.726. The number of hydrogen-bond donors (Lipinski definition) is 2. The topological polar surface area (TPSA) is 124 Å². The van der Waals surface area contributed by atoms with E-state index in [4.69, 9.17) is 0 Å². The first-order valence-electron chi connectivity index (χ1n) is 9.50. The van der Waals surface area contributed by atoms with Gasteiger partial charge in [0.15, 0.2) is 17.2 Å². The van der Waals surface area contributed by atoms with Crippen LogP contribution in [0.4, 0.5) is 17.2 Å². The van der Waals surface area contributed by atoms with E-state index < -0.39 is 0 Å². The van der Waals surface area contributed by atoms with E-state index >= 15 is 0 Å². The van der Waals surface area contributed by atoms with Crippen LogP contribution < -0.4 is 15.5 Å². The molecule has 0 saturated carbocycles. The average Bonchev–Trinajstić information content (AvgIpc) is 2.99. The number of aromatic nitrogens is 2. The van der Waals surface area contributed by atoms with Crippen LogP contribution in [0.2, 0.25) is 0 Å². The maximum absolute atomic E-state index is 9.97. The van der Waals surface area contributed by atoms with Crippen LogP contribution in [0.25, 0.3) is 5.57 Å². The predicted octanol–water partition coefficient (Wildman–Crippen LogP) is 3.33. The number of anilines is 3. The van der Waals surface area contributed by atoms with E-state index in [0.717, 1.165) is 50.1 Å². The Labute approximate surface area is 168 Å². The molecule has 29 heavy (non-hydrogen) atoms. The van der Waals surface area contributed by atoms with Gasteiger partial charge in [-0.05, 0) is 25.0 Å². The van der Waals surface area contributed by atoms with Crippen LogP contribution in [0.5, 0.6) is 0 Å². The molecule has 0 bridgehead atoms.